The number of carbonyl (C=O) groups excluding carboxylic acids is 1. The molecule has 0 spiro atoms. The highest BCUT2D eigenvalue weighted by atomic mass is 16.1. The van der Waals surface area contributed by atoms with Crippen LogP contribution in [0.3, 0.4) is 0 Å². The van der Waals surface area contributed by atoms with E-state index in [0.29, 0.717) is 18.0 Å². The molecule has 1 aliphatic carbocycles. The molecule has 1 heterocycles. The molecule has 100 valence electrons. The average molecular weight is 250 g/mol. The maximum absolute atomic E-state index is 12.1. The maximum Gasteiger partial charge on any atom is 0.255 e. The maximum atomic E-state index is 12.1. The molecular weight excluding hydrogens is 228 g/mol. The Bertz CT molecular complexity index is 395. The molecule has 1 unspecified atom stereocenters. The van der Waals surface area contributed by atoms with Crippen molar-refractivity contribution in [2.75, 3.05) is 6.54 Å². The number of nitrogens with two attached hydrogens (primary N) is 1. The van der Waals surface area contributed by atoms with Crippen LogP contribution in [0.15, 0.2) is 6.20 Å². The van der Waals surface area contributed by atoms with Crippen molar-refractivity contribution in [3.05, 3.63) is 17.5 Å². The quantitative estimate of drug-likeness (QED) is 0.754. The predicted molar refractivity (Wildman–Crippen MR) is 70.2 cm³/mol. The molecule has 4 N–H and O–H groups in total. The standard InChI is InChI=1S/C13H22N4O/c1-9-11(8-15-17-9)13(18)16-12(7-14)10-5-3-2-4-6-10/h8,10,12H,2-7,14H2,1H3,(H,15,17)(H,16,18). The smallest absolute Gasteiger partial charge is 0.255 e. The highest BCUT2D eigenvalue weighted by Gasteiger charge is 2.25. The second kappa shape index (κ2) is 6.00. The molecule has 1 atom stereocenters. The fourth-order valence-corrected chi connectivity index (χ4v) is 2.73. The van der Waals surface area contributed by atoms with Crippen LogP contribution in [-0.2, 0) is 0 Å². The highest BCUT2D eigenvalue weighted by Crippen LogP contribution is 2.26. The molecule has 0 radical (unpaired) electrons. The molecular formula is C13H22N4O. The van der Waals surface area contributed by atoms with Gasteiger partial charge in [-0.3, -0.25) is 9.89 Å². The van der Waals surface area contributed by atoms with Crippen molar-refractivity contribution in [3.8, 4) is 0 Å². The molecule has 1 saturated carbocycles. The van der Waals surface area contributed by atoms with Crippen molar-refractivity contribution in [1.82, 2.24) is 15.5 Å². The van der Waals surface area contributed by atoms with Gasteiger partial charge in [0.1, 0.15) is 0 Å². The predicted octanol–water partition coefficient (Wildman–Crippen LogP) is 1.36. The lowest BCUT2D eigenvalue weighted by molar-refractivity contribution is 0.0915. The van der Waals surface area contributed by atoms with Crippen LogP contribution in [0.4, 0.5) is 0 Å². The third kappa shape index (κ3) is 2.90. The monoisotopic (exact) mass is 250 g/mol. The first-order valence-electron chi connectivity index (χ1n) is 6.73. The Morgan fingerprint density at radius 1 is 1.56 bits per heavy atom. The molecule has 18 heavy (non-hydrogen) atoms. The third-order valence-corrected chi connectivity index (χ3v) is 3.86. The SMILES string of the molecule is Cc1[nH]ncc1C(=O)NC(CN)C1CCCCC1. The molecule has 5 heteroatoms. The Kier molecular flexibility index (Phi) is 4.36. The summed E-state index contributed by atoms with van der Waals surface area (Å²) in [6.45, 7) is 2.35. The van der Waals surface area contributed by atoms with Gasteiger partial charge in [-0.2, -0.15) is 5.10 Å². The molecule has 0 bridgehead atoms. The zero-order chi connectivity index (χ0) is 13.0. The number of hydrogen-bond donors (Lipinski definition) is 3. The van der Waals surface area contributed by atoms with Gasteiger partial charge in [-0.1, -0.05) is 19.3 Å². The van der Waals surface area contributed by atoms with Gasteiger partial charge in [0.05, 0.1) is 11.8 Å². The minimum atomic E-state index is -0.0673. The molecule has 1 fully saturated rings. The van der Waals surface area contributed by atoms with Crippen LogP contribution >= 0.6 is 0 Å². The zero-order valence-electron chi connectivity index (χ0n) is 10.9. The minimum Gasteiger partial charge on any atom is -0.348 e. The van der Waals surface area contributed by atoms with Gasteiger partial charge in [-0.05, 0) is 25.7 Å². The van der Waals surface area contributed by atoms with Crippen LogP contribution < -0.4 is 11.1 Å². The first-order chi connectivity index (χ1) is 8.72. The summed E-state index contributed by atoms with van der Waals surface area (Å²) < 4.78 is 0. The second-order valence-electron chi connectivity index (χ2n) is 5.12. The van der Waals surface area contributed by atoms with Gasteiger partial charge in [0.2, 0.25) is 0 Å². The Morgan fingerprint density at radius 2 is 2.28 bits per heavy atom. The van der Waals surface area contributed by atoms with Gasteiger partial charge < -0.3 is 11.1 Å². The highest BCUT2D eigenvalue weighted by molar-refractivity contribution is 5.95. The Hall–Kier alpha value is -1.36. The summed E-state index contributed by atoms with van der Waals surface area (Å²) in [5.74, 6) is 0.460. The Balaban J connectivity index is 1.97. The van der Waals surface area contributed by atoms with Gasteiger partial charge in [0.15, 0.2) is 0 Å². The summed E-state index contributed by atoms with van der Waals surface area (Å²) in [7, 11) is 0. The number of nitrogens with zero attached hydrogens (tertiary/aromatic N) is 1. The fourth-order valence-electron chi connectivity index (χ4n) is 2.73. The van der Waals surface area contributed by atoms with Crippen molar-refractivity contribution in [3.63, 3.8) is 0 Å². The van der Waals surface area contributed by atoms with E-state index >= 15 is 0 Å². The lowest BCUT2D eigenvalue weighted by Crippen LogP contribution is -2.46. The summed E-state index contributed by atoms with van der Waals surface area (Å²) in [6.07, 6.45) is 7.73. The number of nitrogens with one attached hydrogen (secondary N) is 2. The summed E-state index contributed by atoms with van der Waals surface area (Å²) >= 11 is 0. The van der Waals surface area contributed by atoms with Gasteiger partial charge >= 0.3 is 0 Å². The summed E-state index contributed by atoms with van der Waals surface area (Å²) in [6, 6.07) is 0.0899. The number of amides is 1. The zero-order valence-corrected chi connectivity index (χ0v) is 10.9. The number of H-pyrrole nitrogens is 1. The van der Waals surface area contributed by atoms with Gasteiger partial charge in [-0.25, -0.2) is 0 Å². The number of aryl methyl sites for hydroxylation is 1. The van der Waals surface area contributed by atoms with Crippen LogP contribution in [0, 0.1) is 12.8 Å². The van der Waals surface area contributed by atoms with E-state index in [0.717, 1.165) is 5.69 Å². The van der Waals surface area contributed by atoms with Gasteiger partial charge in [0.25, 0.3) is 5.91 Å². The molecule has 0 aliphatic heterocycles. The van der Waals surface area contributed by atoms with Gasteiger partial charge in [0, 0.05) is 18.3 Å². The summed E-state index contributed by atoms with van der Waals surface area (Å²) in [5, 5.41) is 9.71. The van der Waals surface area contributed by atoms with Crippen molar-refractivity contribution < 1.29 is 4.79 Å². The van der Waals surface area contributed by atoms with E-state index in [4.69, 9.17) is 5.73 Å². The molecule has 0 saturated heterocycles. The van der Waals surface area contributed by atoms with E-state index < -0.39 is 0 Å². The second-order valence-corrected chi connectivity index (χ2v) is 5.12. The summed E-state index contributed by atoms with van der Waals surface area (Å²) in [4.78, 5) is 12.1. The molecule has 1 aromatic rings. The molecule has 0 aromatic carbocycles. The molecule has 5 nitrogen and oxygen atoms in total. The van der Waals surface area contributed by atoms with E-state index in [9.17, 15) is 4.79 Å². The largest absolute Gasteiger partial charge is 0.348 e. The van der Waals surface area contributed by atoms with E-state index in [-0.39, 0.29) is 11.9 Å². The van der Waals surface area contributed by atoms with Crippen molar-refractivity contribution >= 4 is 5.91 Å². The lowest BCUT2D eigenvalue weighted by atomic mass is 9.84. The van der Waals surface area contributed by atoms with Crippen LogP contribution in [0.5, 0.6) is 0 Å². The molecule has 1 amide bonds. The van der Waals surface area contributed by atoms with Gasteiger partial charge in [-0.15, -0.1) is 0 Å². The molecule has 1 aromatic heterocycles. The van der Waals surface area contributed by atoms with E-state index in [2.05, 4.69) is 15.5 Å². The minimum absolute atomic E-state index is 0.0673. The summed E-state index contributed by atoms with van der Waals surface area (Å²) in [5.41, 5.74) is 7.22. The van der Waals surface area contributed by atoms with E-state index in [1.807, 2.05) is 6.92 Å². The fraction of sp³-hybridized carbons (Fsp3) is 0.692. The first-order valence-corrected chi connectivity index (χ1v) is 6.73. The van der Waals surface area contributed by atoms with Crippen LogP contribution in [-0.4, -0.2) is 28.7 Å². The lowest BCUT2D eigenvalue weighted by Gasteiger charge is -2.30. The topological polar surface area (TPSA) is 83.8 Å². The molecule has 2 rings (SSSR count). The third-order valence-electron chi connectivity index (χ3n) is 3.86. The molecule has 1 aliphatic rings. The van der Waals surface area contributed by atoms with Crippen molar-refractivity contribution in [1.29, 1.82) is 0 Å². The average Bonchev–Trinajstić information content (AvgIpc) is 2.83. The van der Waals surface area contributed by atoms with Crippen molar-refractivity contribution in [2.45, 2.75) is 45.1 Å². The van der Waals surface area contributed by atoms with E-state index in [1.54, 1.807) is 6.20 Å². The normalized spacial score (nSPS) is 18.6. The Morgan fingerprint density at radius 3 is 2.83 bits per heavy atom. The van der Waals surface area contributed by atoms with E-state index in [1.165, 1.54) is 32.1 Å². The van der Waals surface area contributed by atoms with Crippen LogP contribution in [0.25, 0.3) is 0 Å². The van der Waals surface area contributed by atoms with Crippen molar-refractivity contribution in [2.24, 2.45) is 11.7 Å². The number of carbonyl (C=O) groups is 1. The first kappa shape index (κ1) is 13.1. The Labute approximate surface area is 108 Å². The number of aromatic amines is 1. The van der Waals surface area contributed by atoms with Crippen LogP contribution in [0.1, 0.15) is 48.2 Å². The van der Waals surface area contributed by atoms with Crippen LogP contribution in [0.2, 0.25) is 0 Å². The number of hydrogen-bond acceptors (Lipinski definition) is 3. The number of aromatic nitrogens is 2. The number of rotatable bonds is 4.